The maximum atomic E-state index is 6.79. The maximum absolute atomic E-state index is 6.79. The Morgan fingerprint density at radius 2 is 2.38 bits per heavy atom. The molecule has 0 saturated carbocycles. The fourth-order valence-electron chi connectivity index (χ4n) is 1.40. The summed E-state index contributed by atoms with van der Waals surface area (Å²) >= 11 is 0. The van der Waals surface area contributed by atoms with Gasteiger partial charge in [0.05, 0.1) is 18.4 Å². The second kappa shape index (κ2) is 2.51. The van der Waals surface area contributed by atoms with Gasteiger partial charge in [0.25, 0.3) is 0 Å². The smallest absolute Gasteiger partial charge is 0.371 e. The third kappa shape index (κ3) is 1.18. The quantitative estimate of drug-likeness (QED) is 0.564. The number of ether oxygens (including phenoxy) is 1. The maximum Gasteiger partial charge on any atom is 0.371 e. The molecule has 0 saturated heterocycles. The summed E-state index contributed by atoms with van der Waals surface area (Å²) in [6, 6.07) is 0. The van der Waals surface area contributed by atoms with E-state index in [1.54, 1.807) is 6.20 Å². The van der Waals surface area contributed by atoms with E-state index in [1.165, 1.54) is 0 Å². The molecule has 1 aliphatic rings. The van der Waals surface area contributed by atoms with E-state index in [9.17, 15) is 0 Å². The van der Waals surface area contributed by atoms with Crippen LogP contribution in [0.5, 0.6) is 0 Å². The molecule has 0 radical (unpaired) electrons. The van der Waals surface area contributed by atoms with Crippen molar-refractivity contribution in [2.75, 3.05) is 0 Å². The first-order chi connectivity index (χ1) is 6.13. The van der Waals surface area contributed by atoms with Gasteiger partial charge in [-0.1, -0.05) is 0 Å². The summed E-state index contributed by atoms with van der Waals surface area (Å²) < 4.78 is 5.50. The molecule has 0 amide bonds. The third-order valence-electron chi connectivity index (χ3n) is 2.11. The Balaban J connectivity index is 2.57. The number of aromatic nitrogens is 2. The van der Waals surface area contributed by atoms with Crippen molar-refractivity contribution >= 4 is 5.95 Å². The van der Waals surface area contributed by atoms with Crippen LogP contribution in [0.4, 0.5) is 5.95 Å². The Hall–Kier alpha value is -1.47. The minimum Gasteiger partial charge on any atom is -0.394 e. The average molecular weight is 175 g/mol. The molecule has 0 bridgehead atoms. The zero-order valence-corrected chi connectivity index (χ0v) is 7.53. The van der Waals surface area contributed by atoms with Gasteiger partial charge >= 0.3 is 5.95 Å². The van der Waals surface area contributed by atoms with Crippen LogP contribution in [0.2, 0.25) is 0 Å². The molecule has 1 aliphatic heterocycles. The van der Waals surface area contributed by atoms with Crippen LogP contribution in [0.3, 0.4) is 0 Å². The van der Waals surface area contributed by atoms with Crippen molar-refractivity contribution in [1.29, 1.82) is 0 Å². The molecule has 0 aliphatic carbocycles. The topological polar surface area (TPSA) is 39.4 Å². The molecule has 1 aromatic rings. The molecule has 0 unspecified atom stereocenters. The first-order valence-electron chi connectivity index (χ1n) is 4.01. The van der Waals surface area contributed by atoms with Gasteiger partial charge < -0.3 is 9.58 Å². The summed E-state index contributed by atoms with van der Waals surface area (Å²) in [7, 11) is 0. The molecule has 0 aromatic carbocycles. The lowest BCUT2D eigenvalue weighted by atomic mass is 10.0. The molecule has 4 heteroatoms. The van der Waals surface area contributed by atoms with Crippen molar-refractivity contribution in [3.63, 3.8) is 0 Å². The van der Waals surface area contributed by atoms with Gasteiger partial charge in [0.2, 0.25) is 0 Å². The van der Waals surface area contributed by atoms with Crippen molar-refractivity contribution in [1.82, 2.24) is 9.97 Å². The van der Waals surface area contributed by atoms with E-state index in [0.717, 1.165) is 11.3 Å². The van der Waals surface area contributed by atoms with Crippen molar-refractivity contribution in [2.45, 2.75) is 26.1 Å². The van der Waals surface area contributed by atoms with Crippen molar-refractivity contribution in [2.24, 2.45) is 0 Å². The molecule has 66 valence electrons. The molecular formula is C9H9N3O. The Morgan fingerprint density at radius 3 is 3.08 bits per heavy atom. The van der Waals surface area contributed by atoms with Crippen molar-refractivity contribution in [3.05, 3.63) is 28.9 Å². The fourth-order valence-corrected chi connectivity index (χ4v) is 1.40. The van der Waals surface area contributed by atoms with E-state index in [2.05, 4.69) is 14.8 Å². The highest BCUT2D eigenvalue weighted by atomic mass is 16.5. The van der Waals surface area contributed by atoms with Crippen LogP contribution in [-0.4, -0.2) is 9.97 Å². The summed E-state index contributed by atoms with van der Waals surface area (Å²) in [4.78, 5) is 11.2. The minimum absolute atomic E-state index is 0.192. The SMILES string of the molecule is [C-]#[N+]c1ncc2c(n1)C(C)(C)OC2. The summed E-state index contributed by atoms with van der Waals surface area (Å²) in [5.74, 6) is 0.192. The number of nitrogens with zero attached hydrogens (tertiary/aromatic N) is 3. The summed E-state index contributed by atoms with van der Waals surface area (Å²) in [5.41, 5.74) is 1.45. The first kappa shape index (κ1) is 8.14. The Morgan fingerprint density at radius 1 is 1.62 bits per heavy atom. The summed E-state index contributed by atoms with van der Waals surface area (Å²) in [6.07, 6.45) is 1.67. The van der Waals surface area contributed by atoms with Gasteiger partial charge in [-0.3, -0.25) is 0 Å². The predicted molar refractivity (Wildman–Crippen MR) is 46.1 cm³/mol. The molecule has 0 N–H and O–H groups in total. The van der Waals surface area contributed by atoms with Crippen molar-refractivity contribution in [3.8, 4) is 0 Å². The molecule has 1 aromatic heterocycles. The lowest BCUT2D eigenvalue weighted by Crippen LogP contribution is -2.16. The van der Waals surface area contributed by atoms with E-state index in [4.69, 9.17) is 11.3 Å². The normalized spacial score (nSPS) is 17.9. The lowest BCUT2D eigenvalue weighted by Gasteiger charge is -2.14. The number of fused-ring (bicyclic) bond motifs is 1. The van der Waals surface area contributed by atoms with E-state index < -0.39 is 0 Å². The molecule has 4 nitrogen and oxygen atoms in total. The Labute approximate surface area is 76.4 Å². The van der Waals surface area contributed by atoms with Gasteiger partial charge in [0.1, 0.15) is 11.3 Å². The third-order valence-corrected chi connectivity index (χ3v) is 2.11. The van der Waals surface area contributed by atoms with E-state index in [0.29, 0.717) is 6.61 Å². The van der Waals surface area contributed by atoms with E-state index in [-0.39, 0.29) is 11.5 Å². The second-order valence-electron chi connectivity index (χ2n) is 3.45. The van der Waals surface area contributed by atoms with Crippen LogP contribution in [0.15, 0.2) is 6.20 Å². The van der Waals surface area contributed by atoms with E-state index >= 15 is 0 Å². The standard InChI is InChI=1S/C9H9N3O/c1-9(2)7-6(5-13-9)4-11-8(10-3)12-7/h4H,5H2,1-2H3. The Bertz CT molecular complexity index is 392. The molecule has 0 fully saturated rings. The van der Waals surface area contributed by atoms with Crippen LogP contribution >= 0.6 is 0 Å². The highest BCUT2D eigenvalue weighted by Crippen LogP contribution is 2.34. The molecule has 2 heterocycles. The first-order valence-corrected chi connectivity index (χ1v) is 4.01. The van der Waals surface area contributed by atoms with Gasteiger partial charge in [0.15, 0.2) is 0 Å². The Kier molecular flexibility index (Phi) is 1.57. The van der Waals surface area contributed by atoms with Crippen LogP contribution in [0, 0.1) is 6.57 Å². The average Bonchev–Trinajstić information content (AvgIpc) is 2.42. The van der Waals surface area contributed by atoms with Gasteiger partial charge in [-0.25, -0.2) is 0 Å². The van der Waals surface area contributed by atoms with Crippen LogP contribution in [-0.2, 0) is 16.9 Å². The van der Waals surface area contributed by atoms with Gasteiger partial charge in [-0.15, -0.1) is 6.57 Å². The number of hydrogen-bond donors (Lipinski definition) is 0. The largest absolute Gasteiger partial charge is 0.394 e. The van der Waals surface area contributed by atoms with Gasteiger partial charge in [0, 0.05) is 0 Å². The minimum atomic E-state index is -0.377. The van der Waals surface area contributed by atoms with Crippen LogP contribution in [0.1, 0.15) is 25.1 Å². The second-order valence-corrected chi connectivity index (χ2v) is 3.45. The van der Waals surface area contributed by atoms with Gasteiger partial charge in [-0.05, 0) is 13.8 Å². The summed E-state index contributed by atoms with van der Waals surface area (Å²) in [6.45, 7) is 11.2. The number of hydrogen-bond acceptors (Lipinski definition) is 3. The molecule has 0 atom stereocenters. The monoisotopic (exact) mass is 175 g/mol. The van der Waals surface area contributed by atoms with Crippen molar-refractivity contribution < 1.29 is 4.74 Å². The molecular weight excluding hydrogens is 166 g/mol. The molecule has 0 spiro atoms. The summed E-state index contributed by atoms with van der Waals surface area (Å²) in [5, 5.41) is 0. The fraction of sp³-hybridized carbons (Fsp3) is 0.444. The highest BCUT2D eigenvalue weighted by Gasteiger charge is 2.35. The lowest BCUT2D eigenvalue weighted by molar-refractivity contribution is -0.0100. The number of rotatable bonds is 0. The van der Waals surface area contributed by atoms with Crippen LogP contribution < -0.4 is 0 Å². The van der Waals surface area contributed by atoms with E-state index in [1.807, 2.05) is 13.8 Å². The predicted octanol–water partition coefficient (Wildman–Crippen LogP) is 1.79. The zero-order chi connectivity index (χ0) is 9.47. The molecule has 13 heavy (non-hydrogen) atoms. The van der Waals surface area contributed by atoms with Gasteiger partial charge in [-0.2, -0.15) is 9.97 Å². The molecule has 2 rings (SSSR count). The van der Waals surface area contributed by atoms with Crippen LogP contribution in [0.25, 0.3) is 4.85 Å². The zero-order valence-electron chi connectivity index (χ0n) is 7.53. The highest BCUT2D eigenvalue weighted by molar-refractivity contribution is 5.34.